The van der Waals surface area contributed by atoms with Crippen LogP contribution in [0.5, 0.6) is 5.88 Å². The fourth-order valence-electron chi connectivity index (χ4n) is 1.48. The number of nitrogen functional groups attached to an aromatic ring is 1. The lowest BCUT2D eigenvalue weighted by atomic mass is 10.2. The summed E-state index contributed by atoms with van der Waals surface area (Å²) in [6, 6.07) is 3.18. The van der Waals surface area contributed by atoms with E-state index in [4.69, 9.17) is 10.5 Å². The molecular formula is C11H13N5O2. The molecule has 7 heteroatoms. The molecule has 0 aliphatic rings. The van der Waals surface area contributed by atoms with Crippen LogP contribution in [0.3, 0.4) is 0 Å². The number of aryl methyl sites for hydroxylation is 1. The fraction of sp³-hybridized carbons (Fsp3) is 0.182. The number of nitrogens with two attached hydrogens (primary N) is 1. The molecule has 0 aliphatic heterocycles. The second-order valence-electron chi connectivity index (χ2n) is 3.61. The van der Waals surface area contributed by atoms with Crippen LogP contribution in [0.4, 0.5) is 11.5 Å². The Kier molecular flexibility index (Phi) is 3.13. The topological polar surface area (TPSA) is 95.1 Å². The summed E-state index contributed by atoms with van der Waals surface area (Å²) in [5, 5.41) is 6.70. The standard InChI is InChI=1S/C11H13N5O2/c1-16-10(18-2)5-9(15-16)14-11(17)7-6-13-4-3-8(7)12/h3-6H,1-2H3,(H2,12,13)(H,14,15,17). The number of carbonyl (C=O) groups is 1. The molecule has 0 saturated carbocycles. The van der Waals surface area contributed by atoms with Crippen LogP contribution in [0.2, 0.25) is 0 Å². The number of amides is 1. The van der Waals surface area contributed by atoms with Crippen molar-refractivity contribution in [1.29, 1.82) is 0 Å². The summed E-state index contributed by atoms with van der Waals surface area (Å²) in [6.45, 7) is 0. The Bertz CT molecular complexity index is 579. The van der Waals surface area contributed by atoms with Gasteiger partial charge in [0.15, 0.2) is 5.82 Å². The molecule has 0 radical (unpaired) electrons. The number of anilines is 2. The summed E-state index contributed by atoms with van der Waals surface area (Å²) in [7, 11) is 3.24. The minimum atomic E-state index is -0.360. The molecule has 0 fully saturated rings. The van der Waals surface area contributed by atoms with Gasteiger partial charge in [0.2, 0.25) is 5.88 Å². The highest BCUT2D eigenvalue weighted by Gasteiger charge is 2.12. The zero-order chi connectivity index (χ0) is 13.1. The summed E-state index contributed by atoms with van der Waals surface area (Å²) in [6.07, 6.45) is 2.93. The van der Waals surface area contributed by atoms with E-state index in [-0.39, 0.29) is 5.91 Å². The third-order valence-electron chi connectivity index (χ3n) is 2.39. The van der Waals surface area contributed by atoms with Gasteiger partial charge >= 0.3 is 0 Å². The lowest BCUT2D eigenvalue weighted by Gasteiger charge is -2.03. The summed E-state index contributed by atoms with van der Waals surface area (Å²) >= 11 is 0. The van der Waals surface area contributed by atoms with Crippen LogP contribution in [0.1, 0.15) is 10.4 Å². The lowest BCUT2D eigenvalue weighted by Crippen LogP contribution is -2.14. The van der Waals surface area contributed by atoms with E-state index in [1.807, 2.05) is 0 Å². The van der Waals surface area contributed by atoms with Gasteiger partial charge in [-0.05, 0) is 6.07 Å². The average molecular weight is 247 g/mol. The Morgan fingerprint density at radius 3 is 2.94 bits per heavy atom. The van der Waals surface area contributed by atoms with E-state index in [1.54, 1.807) is 19.2 Å². The predicted octanol–water partition coefficient (Wildman–Crippen LogP) is 0.658. The highest BCUT2D eigenvalue weighted by atomic mass is 16.5. The monoisotopic (exact) mass is 247 g/mol. The molecule has 7 nitrogen and oxygen atoms in total. The molecule has 0 aliphatic carbocycles. The number of hydrogen-bond donors (Lipinski definition) is 2. The largest absolute Gasteiger partial charge is 0.481 e. The molecule has 2 rings (SSSR count). The van der Waals surface area contributed by atoms with Crippen LogP contribution in [0.15, 0.2) is 24.5 Å². The number of ether oxygens (including phenoxy) is 1. The van der Waals surface area contributed by atoms with Gasteiger partial charge in [0.25, 0.3) is 5.91 Å². The van der Waals surface area contributed by atoms with Crippen molar-refractivity contribution in [3.8, 4) is 5.88 Å². The molecule has 18 heavy (non-hydrogen) atoms. The Morgan fingerprint density at radius 2 is 2.33 bits per heavy atom. The predicted molar refractivity (Wildman–Crippen MR) is 66.4 cm³/mol. The number of nitrogens with one attached hydrogen (secondary N) is 1. The van der Waals surface area contributed by atoms with Crippen LogP contribution >= 0.6 is 0 Å². The molecule has 0 unspecified atom stereocenters. The number of pyridine rings is 1. The molecule has 2 heterocycles. The maximum absolute atomic E-state index is 11.9. The van der Waals surface area contributed by atoms with Gasteiger partial charge in [-0.15, -0.1) is 0 Å². The fourth-order valence-corrected chi connectivity index (χ4v) is 1.48. The molecular weight excluding hydrogens is 234 g/mol. The van der Waals surface area contributed by atoms with Crippen molar-refractivity contribution in [2.45, 2.75) is 0 Å². The van der Waals surface area contributed by atoms with E-state index in [0.717, 1.165) is 0 Å². The SMILES string of the molecule is COc1cc(NC(=O)c2cnccc2N)nn1C. The first kappa shape index (κ1) is 11.9. The van der Waals surface area contributed by atoms with E-state index in [2.05, 4.69) is 15.4 Å². The highest BCUT2D eigenvalue weighted by molar-refractivity contribution is 6.07. The Morgan fingerprint density at radius 1 is 1.56 bits per heavy atom. The first-order chi connectivity index (χ1) is 8.61. The molecule has 94 valence electrons. The van der Waals surface area contributed by atoms with Crippen molar-refractivity contribution < 1.29 is 9.53 Å². The van der Waals surface area contributed by atoms with Gasteiger partial charge in [-0.25, -0.2) is 4.68 Å². The number of rotatable bonds is 3. The van der Waals surface area contributed by atoms with E-state index in [1.165, 1.54) is 24.2 Å². The molecule has 0 aromatic carbocycles. The van der Waals surface area contributed by atoms with Gasteiger partial charge in [0, 0.05) is 31.2 Å². The first-order valence-electron chi connectivity index (χ1n) is 5.20. The zero-order valence-electron chi connectivity index (χ0n) is 10.0. The molecule has 2 aromatic rings. The van der Waals surface area contributed by atoms with Crippen molar-refractivity contribution in [1.82, 2.24) is 14.8 Å². The van der Waals surface area contributed by atoms with Crippen LogP contribution < -0.4 is 15.8 Å². The zero-order valence-corrected chi connectivity index (χ0v) is 10.0. The van der Waals surface area contributed by atoms with Crippen LogP contribution in [0.25, 0.3) is 0 Å². The molecule has 0 spiro atoms. The second kappa shape index (κ2) is 4.74. The minimum absolute atomic E-state index is 0.308. The molecule has 3 N–H and O–H groups in total. The van der Waals surface area contributed by atoms with Crippen molar-refractivity contribution in [3.63, 3.8) is 0 Å². The van der Waals surface area contributed by atoms with Crippen molar-refractivity contribution in [2.75, 3.05) is 18.2 Å². The molecule has 0 bridgehead atoms. The van der Waals surface area contributed by atoms with Gasteiger partial charge in [0.05, 0.1) is 12.7 Å². The smallest absolute Gasteiger partial charge is 0.260 e. The quantitative estimate of drug-likeness (QED) is 0.830. The molecule has 2 aromatic heterocycles. The van der Waals surface area contributed by atoms with Crippen LogP contribution in [0, 0.1) is 0 Å². The van der Waals surface area contributed by atoms with E-state index < -0.39 is 0 Å². The van der Waals surface area contributed by atoms with Crippen LogP contribution in [-0.4, -0.2) is 27.8 Å². The third kappa shape index (κ3) is 2.24. The second-order valence-corrected chi connectivity index (χ2v) is 3.61. The average Bonchev–Trinajstić information content (AvgIpc) is 2.69. The number of carbonyl (C=O) groups excluding carboxylic acids is 1. The highest BCUT2D eigenvalue weighted by Crippen LogP contribution is 2.17. The Labute approximate surface area is 104 Å². The number of aromatic nitrogens is 3. The number of nitrogens with zero attached hydrogens (tertiary/aromatic N) is 3. The van der Waals surface area contributed by atoms with Crippen molar-refractivity contribution in [2.24, 2.45) is 7.05 Å². The maximum atomic E-state index is 11.9. The lowest BCUT2D eigenvalue weighted by molar-refractivity contribution is 0.102. The van der Waals surface area contributed by atoms with Crippen LogP contribution in [-0.2, 0) is 7.05 Å². The van der Waals surface area contributed by atoms with Gasteiger partial charge < -0.3 is 15.8 Å². The summed E-state index contributed by atoms with van der Waals surface area (Å²) in [5.74, 6) is 0.577. The van der Waals surface area contributed by atoms with E-state index >= 15 is 0 Å². The Balaban J connectivity index is 2.19. The normalized spacial score (nSPS) is 10.1. The summed E-state index contributed by atoms with van der Waals surface area (Å²) < 4.78 is 6.56. The summed E-state index contributed by atoms with van der Waals surface area (Å²) in [4.78, 5) is 15.8. The summed E-state index contributed by atoms with van der Waals surface area (Å²) in [5.41, 5.74) is 6.36. The van der Waals surface area contributed by atoms with E-state index in [9.17, 15) is 4.79 Å². The minimum Gasteiger partial charge on any atom is -0.481 e. The van der Waals surface area contributed by atoms with Gasteiger partial charge in [-0.3, -0.25) is 9.78 Å². The molecule has 0 saturated heterocycles. The van der Waals surface area contributed by atoms with Crippen molar-refractivity contribution >= 4 is 17.4 Å². The third-order valence-corrected chi connectivity index (χ3v) is 2.39. The number of methoxy groups -OCH3 is 1. The van der Waals surface area contributed by atoms with Gasteiger partial charge in [-0.2, -0.15) is 5.10 Å². The molecule has 0 atom stereocenters. The van der Waals surface area contributed by atoms with Gasteiger partial charge in [0.1, 0.15) is 0 Å². The maximum Gasteiger partial charge on any atom is 0.260 e. The van der Waals surface area contributed by atoms with Gasteiger partial charge in [-0.1, -0.05) is 0 Å². The number of hydrogen-bond acceptors (Lipinski definition) is 5. The van der Waals surface area contributed by atoms with Crippen molar-refractivity contribution in [3.05, 3.63) is 30.1 Å². The molecule has 1 amide bonds. The van der Waals surface area contributed by atoms with E-state index in [0.29, 0.717) is 22.9 Å². The first-order valence-corrected chi connectivity index (χ1v) is 5.20. The Hall–Kier alpha value is -2.57.